The minimum Gasteiger partial charge on any atom is -0.294 e. The Bertz CT molecular complexity index is 1140. The third-order valence-electron chi connectivity index (χ3n) is 8.62. The first-order valence-electron chi connectivity index (χ1n) is 16.5. The zero-order chi connectivity index (χ0) is 28.6. The second-order valence-corrected chi connectivity index (χ2v) is 12.7. The number of hydrogen-bond donors (Lipinski definition) is 0. The van der Waals surface area contributed by atoms with Gasteiger partial charge in [0, 0.05) is 10.0 Å². The summed E-state index contributed by atoms with van der Waals surface area (Å²) < 4.78 is 1.10. The van der Waals surface area contributed by atoms with Gasteiger partial charge in [-0.1, -0.05) is 156 Å². The lowest BCUT2D eigenvalue weighted by molar-refractivity contribution is 0.0832. The van der Waals surface area contributed by atoms with E-state index in [4.69, 9.17) is 0 Å². The van der Waals surface area contributed by atoms with Crippen molar-refractivity contribution in [2.45, 2.75) is 130 Å². The van der Waals surface area contributed by atoms with Crippen LogP contribution in [0, 0.1) is 0 Å². The van der Waals surface area contributed by atoms with Crippen molar-refractivity contribution < 1.29 is 4.79 Å². The normalized spacial score (nSPS) is 12.5. The predicted octanol–water partition coefficient (Wildman–Crippen LogP) is 11.9. The molecule has 220 valence electrons. The van der Waals surface area contributed by atoms with Gasteiger partial charge in [0.1, 0.15) is 0 Å². The number of benzene rings is 3. The van der Waals surface area contributed by atoms with Crippen molar-refractivity contribution in [3.8, 4) is 0 Å². The molecule has 0 aliphatic rings. The molecule has 0 radical (unpaired) electrons. The molecule has 0 N–H and O–H groups in total. The summed E-state index contributed by atoms with van der Waals surface area (Å²) in [4.78, 5) is 16.3. The number of unbranched alkanes of at least 4 members (excludes halogenated alkanes) is 14. The molecule has 0 spiro atoms. The monoisotopic (exact) mass is 607 g/mol. The maximum atomic E-state index is 13.9. The Hall–Kier alpha value is -1.71. The van der Waals surface area contributed by atoms with Gasteiger partial charge >= 0.3 is 0 Å². The van der Waals surface area contributed by atoms with Gasteiger partial charge in [-0.05, 0) is 66.5 Å². The fourth-order valence-corrected chi connectivity index (χ4v) is 6.61. The Balaban J connectivity index is 1.63. The molecule has 3 aromatic carbocycles. The number of Topliss-reactive ketones (excluding diaryl/α,β-unsaturated/α-hetero) is 1. The summed E-state index contributed by atoms with van der Waals surface area (Å²) in [5.41, 5.74) is 0.837. The fourth-order valence-electron chi connectivity index (χ4n) is 6.01. The molecule has 0 heterocycles. The molecule has 0 bridgehead atoms. The Morgan fingerprint density at radius 3 is 1.70 bits per heavy atom. The molecule has 40 heavy (non-hydrogen) atoms. The molecular weight excluding hydrogens is 554 g/mol. The average molecular weight is 609 g/mol. The number of halogens is 1. The molecule has 3 rings (SSSR count). The van der Waals surface area contributed by atoms with Gasteiger partial charge < -0.3 is 0 Å². The van der Waals surface area contributed by atoms with Crippen LogP contribution < -0.4 is 0 Å². The van der Waals surface area contributed by atoms with Crippen molar-refractivity contribution >= 4 is 43.3 Å². The van der Waals surface area contributed by atoms with Gasteiger partial charge in [-0.15, -0.1) is 0 Å². The van der Waals surface area contributed by atoms with Gasteiger partial charge in [-0.25, -0.2) is 0 Å². The Morgan fingerprint density at radius 2 is 1.15 bits per heavy atom. The standard InChI is InChI=1S/C37H54BrNO/c1-4-6-8-10-12-14-16-20-26-39(27-21-17-15-13-11-9-7-5-2)30(3)37(40)32-25-24-31-29-36(38)34-23-19-18-22-33(34)35(31)28-32/h18-19,22-25,28-30H,4-17,20-21,26-27H2,1-3H3. The van der Waals surface area contributed by atoms with Gasteiger partial charge in [0.05, 0.1) is 6.04 Å². The SMILES string of the molecule is CCCCCCCCCCN(CCCCCCCCCC)C(C)C(=O)c1ccc2cc(Br)c3ccccc3c2c1. The molecule has 0 aliphatic carbocycles. The van der Waals surface area contributed by atoms with Crippen LogP contribution in [0.3, 0.4) is 0 Å². The lowest BCUT2D eigenvalue weighted by atomic mass is 9.96. The first-order chi connectivity index (χ1) is 19.6. The summed E-state index contributed by atoms with van der Waals surface area (Å²) in [5.74, 6) is 0.257. The highest BCUT2D eigenvalue weighted by Gasteiger charge is 2.22. The topological polar surface area (TPSA) is 20.3 Å². The summed E-state index contributed by atoms with van der Waals surface area (Å²) in [6.07, 6.45) is 21.2. The smallest absolute Gasteiger partial charge is 0.179 e. The van der Waals surface area contributed by atoms with E-state index in [0.29, 0.717) is 0 Å². The highest BCUT2D eigenvalue weighted by Crippen LogP contribution is 2.32. The van der Waals surface area contributed by atoms with Crippen molar-refractivity contribution in [3.05, 3.63) is 58.6 Å². The highest BCUT2D eigenvalue weighted by molar-refractivity contribution is 9.10. The summed E-state index contributed by atoms with van der Waals surface area (Å²) in [7, 11) is 0. The minimum absolute atomic E-state index is 0.0896. The molecule has 0 fully saturated rings. The second-order valence-electron chi connectivity index (χ2n) is 11.9. The second kappa shape index (κ2) is 18.7. The number of fused-ring (bicyclic) bond motifs is 3. The molecule has 3 aromatic rings. The van der Waals surface area contributed by atoms with Crippen molar-refractivity contribution in [3.63, 3.8) is 0 Å². The van der Waals surface area contributed by atoms with E-state index in [2.05, 4.69) is 84.1 Å². The van der Waals surface area contributed by atoms with Crippen LogP contribution in [-0.2, 0) is 0 Å². The Labute approximate surface area is 253 Å². The quantitative estimate of drug-likeness (QED) is 0.0681. The van der Waals surface area contributed by atoms with E-state index in [1.165, 1.54) is 119 Å². The van der Waals surface area contributed by atoms with E-state index < -0.39 is 0 Å². The highest BCUT2D eigenvalue weighted by atomic mass is 79.9. The van der Waals surface area contributed by atoms with E-state index in [1.807, 2.05) is 6.07 Å². The number of carbonyl (C=O) groups is 1. The fraction of sp³-hybridized carbons (Fsp3) is 0.595. The van der Waals surface area contributed by atoms with Crippen LogP contribution in [0.5, 0.6) is 0 Å². The van der Waals surface area contributed by atoms with Crippen LogP contribution in [-0.4, -0.2) is 29.8 Å². The van der Waals surface area contributed by atoms with E-state index in [0.717, 1.165) is 28.5 Å². The van der Waals surface area contributed by atoms with E-state index in [-0.39, 0.29) is 11.8 Å². The average Bonchev–Trinajstić information content (AvgIpc) is 2.98. The number of ketones is 1. The molecule has 0 amide bonds. The maximum absolute atomic E-state index is 13.9. The van der Waals surface area contributed by atoms with Crippen LogP contribution in [0.25, 0.3) is 21.5 Å². The molecular formula is C37H54BrNO. The van der Waals surface area contributed by atoms with Gasteiger partial charge in [0.25, 0.3) is 0 Å². The zero-order valence-electron chi connectivity index (χ0n) is 25.7. The minimum atomic E-state index is -0.0896. The first kappa shape index (κ1) is 32.8. The maximum Gasteiger partial charge on any atom is 0.179 e. The van der Waals surface area contributed by atoms with Crippen LogP contribution in [0.15, 0.2) is 53.0 Å². The van der Waals surface area contributed by atoms with Crippen molar-refractivity contribution in [2.75, 3.05) is 13.1 Å². The molecule has 2 nitrogen and oxygen atoms in total. The third-order valence-corrected chi connectivity index (χ3v) is 9.28. The molecule has 0 aromatic heterocycles. The lowest BCUT2D eigenvalue weighted by Gasteiger charge is -2.28. The molecule has 0 saturated carbocycles. The van der Waals surface area contributed by atoms with E-state index in [1.54, 1.807) is 0 Å². The van der Waals surface area contributed by atoms with Gasteiger partial charge in [-0.3, -0.25) is 9.69 Å². The zero-order valence-corrected chi connectivity index (χ0v) is 27.2. The van der Waals surface area contributed by atoms with Crippen LogP contribution in [0.2, 0.25) is 0 Å². The Kier molecular flexibility index (Phi) is 15.3. The summed E-state index contributed by atoms with van der Waals surface area (Å²) in [6, 6.07) is 16.8. The van der Waals surface area contributed by atoms with Crippen molar-refractivity contribution in [2.24, 2.45) is 0 Å². The number of carbonyl (C=O) groups excluding carboxylic acids is 1. The van der Waals surface area contributed by atoms with Crippen LogP contribution >= 0.6 is 15.9 Å². The molecule has 0 saturated heterocycles. The summed E-state index contributed by atoms with van der Waals surface area (Å²) >= 11 is 3.74. The first-order valence-corrected chi connectivity index (χ1v) is 17.2. The molecule has 1 atom stereocenters. The number of rotatable bonds is 21. The molecule has 1 unspecified atom stereocenters. The van der Waals surface area contributed by atoms with Crippen LogP contribution in [0.4, 0.5) is 0 Å². The summed E-state index contributed by atoms with van der Waals surface area (Å²) in [6.45, 7) is 8.76. The van der Waals surface area contributed by atoms with E-state index >= 15 is 0 Å². The van der Waals surface area contributed by atoms with E-state index in [9.17, 15) is 4.79 Å². The summed E-state index contributed by atoms with van der Waals surface area (Å²) in [5, 5.41) is 4.72. The largest absolute Gasteiger partial charge is 0.294 e. The van der Waals surface area contributed by atoms with Gasteiger partial charge in [0.15, 0.2) is 5.78 Å². The number of nitrogens with zero attached hydrogens (tertiary/aromatic N) is 1. The lowest BCUT2D eigenvalue weighted by Crippen LogP contribution is -2.40. The van der Waals surface area contributed by atoms with Gasteiger partial charge in [-0.2, -0.15) is 0 Å². The molecule has 0 aliphatic heterocycles. The third kappa shape index (κ3) is 10.3. The van der Waals surface area contributed by atoms with Gasteiger partial charge in [0.2, 0.25) is 0 Å². The Morgan fingerprint density at radius 1 is 0.650 bits per heavy atom. The van der Waals surface area contributed by atoms with Crippen molar-refractivity contribution in [1.82, 2.24) is 4.90 Å². The predicted molar refractivity (Wildman–Crippen MR) is 180 cm³/mol. The van der Waals surface area contributed by atoms with Crippen molar-refractivity contribution in [1.29, 1.82) is 0 Å². The van der Waals surface area contributed by atoms with Crippen LogP contribution in [0.1, 0.15) is 134 Å². The number of hydrogen-bond acceptors (Lipinski definition) is 2. The molecule has 3 heteroatoms.